The van der Waals surface area contributed by atoms with Gasteiger partial charge in [-0.05, 0) is 18.4 Å². The highest BCUT2D eigenvalue weighted by Crippen LogP contribution is 2.11. The topological polar surface area (TPSA) is 55.1 Å². The maximum absolute atomic E-state index is 11.7. The Morgan fingerprint density at radius 2 is 1.82 bits per heavy atom. The molecule has 0 aromatic heterocycles. The van der Waals surface area contributed by atoms with Gasteiger partial charge in [0, 0.05) is 6.54 Å². The SMILES string of the molecule is Cc1ccc(C(N)C(=O)NCC(C)C)cc1.Cl. The zero-order valence-electron chi connectivity index (χ0n) is 10.6. The van der Waals surface area contributed by atoms with Crippen LogP contribution in [-0.2, 0) is 4.79 Å². The summed E-state index contributed by atoms with van der Waals surface area (Å²) in [6.45, 7) is 6.78. The van der Waals surface area contributed by atoms with Gasteiger partial charge < -0.3 is 11.1 Å². The van der Waals surface area contributed by atoms with Crippen molar-refractivity contribution in [3.05, 3.63) is 35.4 Å². The Morgan fingerprint density at radius 1 is 1.29 bits per heavy atom. The number of nitrogens with one attached hydrogen (secondary N) is 1. The molecule has 4 heteroatoms. The number of rotatable bonds is 4. The van der Waals surface area contributed by atoms with Crippen molar-refractivity contribution in [2.45, 2.75) is 26.8 Å². The third-order valence-corrected chi connectivity index (χ3v) is 2.40. The Morgan fingerprint density at radius 3 is 2.29 bits per heavy atom. The zero-order valence-corrected chi connectivity index (χ0v) is 11.4. The Labute approximate surface area is 109 Å². The quantitative estimate of drug-likeness (QED) is 0.868. The van der Waals surface area contributed by atoms with Crippen LogP contribution in [0.25, 0.3) is 0 Å². The second kappa shape index (κ2) is 7.30. The average molecular weight is 257 g/mol. The predicted octanol–water partition coefficient (Wildman–Crippen LogP) is 2.19. The highest BCUT2D eigenvalue weighted by atomic mass is 35.5. The molecule has 0 aliphatic heterocycles. The van der Waals surface area contributed by atoms with Gasteiger partial charge in [-0.25, -0.2) is 0 Å². The molecule has 0 fully saturated rings. The van der Waals surface area contributed by atoms with Crippen molar-refractivity contribution in [1.82, 2.24) is 5.32 Å². The molecule has 0 radical (unpaired) electrons. The number of carbonyl (C=O) groups is 1. The van der Waals surface area contributed by atoms with Gasteiger partial charge in [0.2, 0.25) is 5.91 Å². The van der Waals surface area contributed by atoms with E-state index < -0.39 is 6.04 Å². The maximum atomic E-state index is 11.7. The van der Waals surface area contributed by atoms with Crippen LogP contribution in [0.15, 0.2) is 24.3 Å². The fraction of sp³-hybridized carbons (Fsp3) is 0.462. The van der Waals surface area contributed by atoms with E-state index in [2.05, 4.69) is 19.2 Å². The molecule has 0 bridgehead atoms. The monoisotopic (exact) mass is 256 g/mol. The smallest absolute Gasteiger partial charge is 0.241 e. The van der Waals surface area contributed by atoms with Crippen molar-refractivity contribution in [2.24, 2.45) is 11.7 Å². The molecule has 1 rings (SSSR count). The Hall–Kier alpha value is -1.06. The van der Waals surface area contributed by atoms with Crippen LogP contribution >= 0.6 is 12.4 Å². The minimum Gasteiger partial charge on any atom is -0.354 e. The molecule has 0 spiro atoms. The first-order chi connectivity index (χ1) is 7.50. The van der Waals surface area contributed by atoms with Crippen molar-refractivity contribution < 1.29 is 4.79 Å². The van der Waals surface area contributed by atoms with Crippen LogP contribution in [0.3, 0.4) is 0 Å². The largest absolute Gasteiger partial charge is 0.354 e. The number of benzene rings is 1. The summed E-state index contributed by atoms with van der Waals surface area (Å²) in [6.07, 6.45) is 0. The molecule has 1 amide bonds. The standard InChI is InChI=1S/C13H20N2O.ClH/c1-9(2)8-15-13(16)12(14)11-6-4-10(3)5-7-11;/h4-7,9,12H,8,14H2,1-3H3,(H,15,16);1H. The van der Waals surface area contributed by atoms with Crippen LogP contribution in [-0.4, -0.2) is 12.5 Å². The van der Waals surface area contributed by atoms with E-state index >= 15 is 0 Å². The lowest BCUT2D eigenvalue weighted by Gasteiger charge is -2.14. The molecule has 0 saturated carbocycles. The molecule has 3 nitrogen and oxygen atoms in total. The Kier molecular flexibility index (Phi) is 6.85. The summed E-state index contributed by atoms with van der Waals surface area (Å²) in [6, 6.07) is 7.15. The average Bonchev–Trinajstić information content (AvgIpc) is 2.26. The van der Waals surface area contributed by atoms with Gasteiger partial charge in [-0.3, -0.25) is 4.79 Å². The van der Waals surface area contributed by atoms with Gasteiger partial charge in [0.25, 0.3) is 0 Å². The maximum Gasteiger partial charge on any atom is 0.241 e. The molecule has 17 heavy (non-hydrogen) atoms. The molecule has 96 valence electrons. The summed E-state index contributed by atoms with van der Waals surface area (Å²) >= 11 is 0. The summed E-state index contributed by atoms with van der Waals surface area (Å²) < 4.78 is 0. The van der Waals surface area contributed by atoms with Crippen LogP contribution in [0.1, 0.15) is 31.0 Å². The van der Waals surface area contributed by atoms with Gasteiger partial charge in [0.05, 0.1) is 0 Å². The summed E-state index contributed by atoms with van der Waals surface area (Å²) in [5.74, 6) is 0.326. The minimum atomic E-state index is -0.570. The van der Waals surface area contributed by atoms with E-state index in [1.165, 1.54) is 5.56 Å². The van der Waals surface area contributed by atoms with Crippen molar-refractivity contribution in [1.29, 1.82) is 0 Å². The van der Waals surface area contributed by atoms with Crippen molar-refractivity contribution in [3.8, 4) is 0 Å². The molecule has 0 saturated heterocycles. The van der Waals surface area contributed by atoms with Crippen LogP contribution in [0.2, 0.25) is 0 Å². The van der Waals surface area contributed by atoms with E-state index in [0.717, 1.165) is 5.56 Å². The molecule has 0 aliphatic rings. The number of halogens is 1. The lowest BCUT2D eigenvalue weighted by atomic mass is 10.1. The summed E-state index contributed by atoms with van der Waals surface area (Å²) in [5.41, 5.74) is 7.88. The summed E-state index contributed by atoms with van der Waals surface area (Å²) in [4.78, 5) is 11.7. The zero-order chi connectivity index (χ0) is 12.1. The van der Waals surface area contributed by atoms with Gasteiger partial charge in [0.1, 0.15) is 6.04 Å². The molecule has 3 N–H and O–H groups in total. The third kappa shape index (κ3) is 5.20. The Balaban J connectivity index is 0.00000256. The molecule has 0 heterocycles. The number of hydrogen-bond acceptors (Lipinski definition) is 2. The molecule has 1 aromatic rings. The van der Waals surface area contributed by atoms with Crippen molar-refractivity contribution in [2.75, 3.05) is 6.54 Å². The van der Waals surface area contributed by atoms with Gasteiger partial charge >= 0.3 is 0 Å². The second-order valence-electron chi connectivity index (χ2n) is 4.53. The van der Waals surface area contributed by atoms with Crippen LogP contribution in [0, 0.1) is 12.8 Å². The van der Waals surface area contributed by atoms with E-state index in [4.69, 9.17) is 5.73 Å². The summed E-state index contributed by atoms with van der Waals surface area (Å²) in [5, 5.41) is 2.83. The molecule has 1 aromatic carbocycles. The van der Waals surface area contributed by atoms with Crippen LogP contribution in [0.5, 0.6) is 0 Å². The van der Waals surface area contributed by atoms with E-state index in [1.807, 2.05) is 31.2 Å². The predicted molar refractivity (Wildman–Crippen MR) is 73.2 cm³/mol. The molecule has 1 unspecified atom stereocenters. The van der Waals surface area contributed by atoms with Crippen LogP contribution in [0.4, 0.5) is 0 Å². The third-order valence-electron chi connectivity index (χ3n) is 2.40. The first-order valence-electron chi connectivity index (χ1n) is 5.60. The van der Waals surface area contributed by atoms with Gasteiger partial charge in [-0.15, -0.1) is 12.4 Å². The number of hydrogen-bond donors (Lipinski definition) is 2. The number of amides is 1. The van der Waals surface area contributed by atoms with Crippen LogP contribution < -0.4 is 11.1 Å². The highest BCUT2D eigenvalue weighted by Gasteiger charge is 2.15. The first-order valence-corrected chi connectivity index (χ1v) is 5.60. The first kappa shape index (κ1) is 15.9. The number of aryl methyl sites for hydroxylation is 1. The van der Waals surface area contributed by atoms with E-state index in [0.29, 0.717) is 12.5 Å². The highest BCUT2D eigenvalue weighted by molar-refractivity contribution is 5.85. The molecule has 1 atom stereocenters. The van der Waals surface area contributed by atoms with E-state index in [-0.39, 0.29) is 18.3 Å². The van der Waals surface area contributed by atoms with Crippen molar-refractivity contribution >= 4 is 18.3 Å². The number of nitrogens with two attached hydrogens (primary N) is 1. The fourth-order valence-electron chi connectivity index (χ4n) is 1.34. The molecular formula is C13H21ClN2O. The number of carbonyl (C=O) groups excluding carboxylic acids is 1. The molecular weight excluding hydrogens is 236 g/mol. The minimum absolute atomic E-state index is 0. The normalized spacial score (nSPS) is 11.8. The van der Waals surface area contributed by atoms with Gasteiger partial charge in [-0.2, -0.15) is 0 Å². The van der Waals surface area contributed by atoms with E-state index in [9.17, 15) is 4.79 Å². The lowest BCUT2D eigenvalue weighted by Crippen LogP contribution is -2.36. The van der Waals surface area contributed by atoms with E-state index in [1.54, 1.807) is 0 Å². The Bertz CT molecular complexity index is 349. The second-order valence-corrected chi connectivity index (χ2v) is 4.53. The fourth-order valence-corrected chi connectivity index (χ4v) is 1.34. The lowest BCUT2D eigenvalue weighted by molar-refractivity contribution is -0.122. The van der Waals surface area contributed by atoms with Crippen molar-refractivity contribution in [3.63, 3.8) is 0 Å². The van der Waals surface area contributed by atoms with Gasteiger partial charge in [0.15, 0.2) is 0 Å². The molecule has 0 aliphatic carbocycles. The summed E-state index contributed by atoms with van der Waals surface area (Å²) in [7, 11) is 0. The van der Waals surface area contributed by atoms with Gasteiger partial charge in [-0.1, -0.05) is 43.7 Å².